The average Bonchev–Trinajstić information content (AvgIpc) is 1.84. The summed E-state index contributed by atoms with van der Waals surface area (Å²) in [6.45, 7) is 2.04. The third-order valence-electron chi connectivity index (χ3n) is 0.942. The molecule has 0 aliphatic rings. The molecule has 3 nitrogen and oxygen atoms in total. The maximum Gasteiger partial charge on any atom is 1.00 e. The third kappa shape index (κ3) is 12.5. The number of aryl methyl sites for hydroxylation is 1. The van der Waals surface area contributed by atoms with Crippen molar-refractivity contribution in [3.8, 4) is 0 Å². The van der Waals surface area contributed by atoms with Gasteiger partial charge in [-0.25, -0.2) is 0 Å². The van der Waals surface area contributed by atoms with Crippen LogP contribution in [-0.4, -0.2) is 22.4 Å². The van der Waals surface area contributed by atoms with Crippen molar-refractivity contribution in [1.29, 1.82) is 0 Å². The molecule has 0 heterocycles. The van der Waals surface area contributed by atoms with Gasteiger partial charge in [-0.3, -0.25) is 0 Å². The van der Waals surface area contributed by atoms with Crippen molar-refractivity contribution in [3.63, 3.8) is 0 Å². The van der Waals surface area contributed by atoms with Crippen molar-refractivity contribution in [2.45, 2.75) is 11.8 Å². The number of benzene rings is 1. The first-order valence-electron chi connectivity index (χ1n) is 3.24. The minimum atomic E-state index is -2.17. The van der Waals surface area contributed by atoms with E-state index < -0.39 is 7.32 Å². The standard InChI is InChI=1S/C7H7S.BH3O3.Na/c1-6-3-2-4-7(8)5-6;2-1(3)4;/h2-3,5,8H,1H3;2-4H;/q-1;;+1. The Balaban J connectivity index is 0. The Morgan fingerprint density at radius 1 is 1.38 bits per heavy atom. The van der Waals surface area contributed by atoms with E-state index in [1.165, 1.54) is 5.56 Å². The van der Waals surface area contributed by atoms with Crippen molar-refractivity contribution in [2.24, 2.45) is 0 Å². The van der Waals surface area contributed by atoms with E-state index in [2.05, 4.69) is 18.7 Å². The average molecular weight is 208 g/mol. The van der Waals surface area contributed by atoms with Crippen LogP contribution in [0.4, 0.5) is 0 Å². The molecule has 0 atom stereocenters. The molecule has 1 rings (SSSR count). The first-order valence-corrected chi connectivity index (χ1v) is 3.68. The Hall–Kier alpha value is 0.515. The van der Waals surface area contributed by atoms with Crippen molar-refractivity contribution < 1.29 is 44.6 Å². The second-order valence-electron chi connectivity index (χ2n) is 2.10. The van der Waals surface area contributed by atoms with E-state index in [0.29, 0.717) is 0 Å². The van der Waals surface area contributed by atoms with Gasteiger partial charge in [0.25, 0.3) is 0 Å². The monoisotopic (exact) mass is 208 g/mol. The predicted octanol–water partition coefficient (Wildman–Crippen LogP) is -2.96. The quantitative estimate of drug-likeness (QED) is 0.209. The van der Waals surface area contributed by atoms with E-state index >= 15 is 0 Å². The fourth-order valence-corrected chi connectivity index (χ4v) is 0.842. The molecule has 13 heavy (non-hydrogen) atoms. The van der Waals surface area contributed by atoms with Crippen LogP contribution in [0.1, 0.15) is 5.56 Å². The molecule has 0 radical (unpaired) electrons. The minimum Gasteiger partial charge on any atom is -0.402 e. The molecule has 0 bridgehead atoms. The zero-order valence-corrected chi connectivity index (χ0v) is 10.5. The molecule has 0 saturated carbocycles. The van der Waals surface area contributed by atoms with E-state index in [4.69, 9.17) is 15.1 Å². The van der Waals surface area contributed by atoms with Crippen molar-refractivity contribution in [3.05, 3.63) is 29.8 Å². The van der Waals surface area contributed by atoms with Gasteiger partial charge >= 0.3 is 36.9 Å². The van der Waals surface area contributed by atoms with Crippen molar-refractivity contribution >= 4 is 20.0 Å². The molecular formula is C7H10BNaO3S. The molecule has 0 aliphatic heterocycles. The Kier molecular flexibility index (Phi) is 11.2. The molecule has 0 aliphatic carbocycles. The zero-order valence-electron chi connectivity index (χ0n) is 7.60. The summed E-state index contributed by atoms with van der Waals surface area (Å²) in [5, 5.41) is 21.5. The van der Waals surface area contributed by atoms with E-state index in [-0.39, 0.29) is 29.6 Å². The summed E-state index contributed by atoms with van der Waals surface area (Å²) < 4.78 is 0. The first kappa shape index (κ1) is 16.0. The summed E-state index contributed by atoms with van der Waals surface area (Å²) in [7, 11) is -2.17. The van der Waals surface area contributed by atoms with Gasteiger partial charge in [0.05, 0.1) is 0 Å². The Bertz CT molecular complexity index is 215. The second kappa shape index (κ2) is 9.08. The molecule has 66 valence electrons. The number of rotatable bonds is 0. The summed E-state index contributed by atoms with van der Waals surface area (Å²) in [5.41, 5.74) is 1.23. The van der Waals surface area contributed by atoms with Crippen molar-refractivity contribution in [1.82, 2.24) is 0 Å². The Morgan fingerprint density at radius 2 is 1.85 bits per heavy atom. The summed E-state index contributed by atoms with van der Waals surface area (Å²) >= 11 is 4.10. The molecule has 0 fully saturated rings. The Morgan fingerprint density at radius 3 is 2.08 bits per heavy atom. The maximum absolute atomic E-state index is 7.17. The van der Waals surface area contributed by atoms with Crippen LogP contribution < -0.4 is 29.6 Å². The predicted molar refractivity (Wildman–Crippen MR) is 49.7 cm³/mol. The van der Waals surface area contributed by atoms with E-state index in [1.807, 2.05) is 25.1 Å². The topological polar surface area (TPSA) is 60.7 Å². The second-order valence-corrected chi connectivity index (χ2v) is 2.58. The third-order valence-corrected chi connectivity index (χ3v) is 1.20. The minimum absolute atomic E-state index is 0. The van der Waals surface area contributed by atoms with Crippen molar-refractivity contribution in [2.75, 3.05) is 0 Å². The molecule has 1 aromatic carbocycles. The van der Waals surface area contributed by atoms with Gasteiger partial charge in [0, 0.05) is 0 Å². The van der Waals surface area contributed by atoms with Gasteiger partial charge in [-0.05, 0) is 0 Å². The van der Waals surface area contributed by atoms with Crippen LogP contribution in [0.5, 0.6) is 0 Å². The zero-order chi connectivity index (χ0) is 9.56. The molecule has 0 spiro atoms. The molecule has 0 amide bonds. The fourth-order valence-electron chi connectivity index (χ4n) is 0.564. The van der Waals surface area contributed by atoms with Gasteiger partial charge in [0.1, 0.15) is 0 Å². The molecule has 1 aromatic rings. The van der Waals surface area contributed by atoms with Gasteiger partial charge in [-0.1, -0.05) is 6.92 Å². The number of thiol groups is 1. The SMILES string of the molecule is Cc1cc[c-]c(S)c1.OB(O)O.[Na+]. The summed E-state index contributed by atoms with van der Waals surface area (Å²) in [6, 6.07) is 8.78. The summed E-state index contributed by atoms with van der Waals surface area (Å²) in [4.78, 5) is 0.907. The van der Waals surface area contributed by atoms with E-state index in [0.717, 1.165) is 4.90 Å². The van der Waals surface area contributed by atoms with Crippen LogP contribution in [0.2, 0.25) is 0 Å². The maximum atomic E-state index is 7.17. The summed E-state index contributed by atoms with van der Waals surface area (Å²) in [5.74, 6) is 0. The van der Waals surface area contributed by atoms with Crippen LogP contribution >= 0.6 is 12.6 Å². The number of hydrogen-bond acceptors (Lipinski definition) is 4. The number of hydrogen-bond donors (Lipinski definition) is 4. The van der Waals surface area contributed by atoms with Crippen LogP contribution in [0.25, 0.3) is 0 Å². The fraction of sp³-hybridized carbons (Fsp3) is 0.143. The van der Waals surface area contributed by atoms with Crippen LogP contribution in [-0.2, 0) is 0 Å². The molecule has 3 N–H and O–H groups in total. The van der Waals surface area contributed by atoms with Crippen LogP contribution in [0.15, 0.2) is 23.1 Å². The molecular weight excluding hydrogens is 198 g/mol. The molecule has 0 aromatic heterocycles. The largest absolute Gasteiger partial charge is 1.00 e. The van der Waals surface area contributed by atoms with Gasteiger partial charge < -0.3 is 15.1 Å². The van der Waals surface area contributed by atoms with E-state index in [1.54, 1.807) is 0 Å². The van der Waals surface area contributed by atoms with Gasteiger partial charge in [-0.2, -0.15) is 42.5 Å². The normalized spacial score (nSPS) is 7.77. The molecule has 0 unspecified atom stereocenters. The Labute approximate surface area is 106 Å². The van der Waals surface area contributed by atoms with Gasteiger partial charge in [0.15, 0.2) is 0 Å². The first-order chi connectivity index (χ1) is 5.52. The van der Waals surface area contributed by atoms with Gasteiger partial charge in [0.2, 0.25) is 0 Å². The van der Waals surface area contributed by atoms with Crippen LogP contribution in [0, 0.1) is 13.0 Å². The van der Waals surface area contributed by atoms with Gasteiger partial charge in [-0.15, -0.1) is 4.90 Å². The van der Waals surface area contributed by atoms with E-state index in [9.17, 15) is 0 Å². The molecule has 6 heteroatoms. The molecule has 0 saturated heterocycles. The van der Waals surface area contributed by atoms with Crippen LogP contribution in [0.3, 0.4) is 0 Å². The smallest absolute Gasteiger partial charge is 0.402 e. The summed E-state index contributed by atoms with van der Waals surface area (Å²) in [6.07, 6.45) is 0.